The Labute approximate surface area is 173 Å². The van der Waals surface area contributed by atoms with Crippen LogP contribution in [0.4, 0.5) is 5.69 Å². The van der Waals surface area contributed by atoms with Gasteiger partial charge in [0.1, 0.15) is 5.75 Å². The van der Waals surface area contributed by atoms with Crippen LogP contribution in [-0.4, -0.2) is 24.2 Å². The zero-order valence-electron chi connectivity index (χ0n) is 15.7. The molecule has 2 amide bonds. The van der Waals surface area contributed by atoms with Gasteiger partial charge in [0.15, 0.2) is 6.61 Å². The SMILES string of the molecule is NC(=O)c1ccccc1OCC(=O)N1c2ccccc2SC[C@H]1c1ccccc1. The molecule has 0 aliphatic carbocycles. The van der Waals surface area contributed by atoms with Gasteiger partial charge in [-0.2, -0.15) is 0 Å². The van der Waals surface area contributed by atoms with Crippen molar-refractivity contribution in [1.82, 2.24) is 0 Å². The van der Waals surface area contributed by atoms with Crippen LogP contribution in [0.5, 0.6) is 5.75 Å². The molecule has 2 N–H and O–H groups in total. The summed E-state index contributed by atoms with van der Waals surface area (Å²) in [6.07, 6.45) is 0. The second-order valence-corrected chi connectivity index (χ2v) is 7.68. The third-order valence-corrected chi connectivity index (χ3v) is 5.93. The van der Waals surface area contributed by atoms with Crippen molar-refractivity contribution in [3.8, 4) is 5.75 Å². The fourth-order valence-corrected chi connectivity index (χ4v) is 4.59. The lowest BCUT2D eigenvalue weighted by molar-refractivity contribution is -0.121. The number of carbonyl (C=O) groups is 2. The summed E-state index contributed by atoms with van der Waals surface area (Å²) in [7, 11) is 0. The van der Waals surface area contributed by atoms with Crippen molar-refractivity contribution in [3.63, 3.8) is 0 Å². The molecule has 1 aliphatic heterocycles. The van der Waals surface area contributed by atoms with Crippen molar-refractivity contribution >= 4 is 29.3 Å². The van der Waals surface area contributed by atoms with Crippen molar-refractivity contribution in [1.29, 1.82) is 0 Å². The molecule has 3 aromatic rings. The van der Waals surface area contributed by atoms with Crippen molar-refractivity contribution in [2.24, 2.45) is 5.73 Å². The van der Waals surface area contributed by atoms with E-state index in [0.717, 1.165) is 21.9 Å². The lowest BCUT2D eigenvalue weighted by Gasteiger charge is -2.37. The number of fused-ring (bicyclic) bond motifs is 1. The second kappa shape index (κ2) is 8.41. The summed E-state index contributed by atoms with van der Waals surface area (Å²) in [5.41, 5.74) is 7.61. The number of benzene rings is 3. The molecule has 0 saturated carbocycles. The van der Waals surface area contributed by atoms with E-state index in [1.807, 2.05) is 54.6 Å². The average Bonchev–Trinajstić information content (AvgIpc) is 2.77. The number of nitrogens with zero attached hydrogens (tertiary/aromatic N) is 1. The second-order valence-electron chi connectivity index (χ2n) is 6.62. The Morgan fingerprint density at radius 3 is 2.45 bits per heavy atom. The molecular formula is C23H20N2O3S. The van der Waals surface area contributed by atoms with Gasteiger partial charge in [0.25, 0.3) is 11.8 Å². The number of anilines is 1. The molecule has 1 aliphatic rings. The van der Waals surface area contributed by atoms with Crippen molar-refractivity contribution in [3.05, 3.63) is 90.0 Å². The van der Waals surface area contributed by atoms with Gasteiger partial charge in [-0.05, 0) is 29.8 Å². The molecule has 6 heteroatoms. The maximum absolute atomic E-state index is 13.3. The first-order valence-corrected chi connectivity index (χ1v) is 10.2. The molecule has 0 saturated heterocycles. The number of amides is 2. The molecule has 1 heterocycles. The highest BCUT2D eigenvalue weighted by atomic mass is 32.2. The molecule has 0 spiro atoms. The van der Waals surface area contributed by atoms with Gasteiger partial charge in [-0.25, -0.2) is 0 Å². The summed E-state index contributed by atoms with van der Waals surface area (Å²) in [4.78, 5) is 27.7. The number of hydrogen-bond acceptors (Lipinski definition) is 4. The number of primary amides is 1. The minimum atomic E-state index is -0.588. The summed E-state index contributed by atoms with van der Waals surface area (Å²) >= 11 is 1.74. The first kappa shape index (κ1) is 19.1. The fraction of sp³-hybridized carbons (Fsp3) is 0.130. The standard InChI is InChI=1S/C23H20N2O3S/c24-23(27)17-10-4-6-12-20(17)28-14-22(26)25-18-11-5-7-13-21(18)29-15-19(25)16-8-2-1-3-9-16/h1-13,19H,14-15H2,(H2,24,27)/t19-/m0/s1. The van der Waals surface area contributed by atoms with Crippen LogP contribution in [0.3, 0.4) is 0 Å². The van der Waals surface area contributed by atoms with Gasteiger partial charge in [0.2, 0.25) is 0 Å². The Bertz CT molecular complexity index is 1040. The molecular weight excluding hydrogens is 384 g/mol. The van der Waals surface area contributed by atoms with Gasteiger partial charge in [-0.15, -0.1) is 11.8 Å². The Balaban J connectivity index is 1.63. The summed E-state index contributed by atoms with van der Waals surface area (Å²) in [5.74, 6) is 0.301. The van der Waals surface area contributed by atoms with E-state index >= 15 is 0 Å². The predicted octanol–water partition coefficient (Wildman–Crippen LogP) is 4.04. The average molecular weight is 404 g/mol. The van der Waals surface area contributed by atoms with E-state index in [2.05, 4.69) is 0 Å². The van der Waals surface area contributed by atoms with Crippen molar-refractivity contribution in [2.45, 2.75) is 10.9 Å². The fourth-order valence-electron chi connectivity index (χ4n) is 3.42. The third-order valence-electron chi connectivity index (χ3n) is 4.79. The molecule has 3 aromatic carbocycles. The quantitative estimate of drug-likeness (QED) is 0.696. The lowest BCUT2D eigenvalue weighted by atomic mass is 10.1. The molecule has 0 unspecified atom stereocenters. The maximum atomic E-state index is 13.3. The highest BCUT2D eigenvalue weighted by Crippen LogP contribution is 2.43. The molecule has 29 heavy (non-hydrogen) atoms. The van der Waals surface area contributed by atoms with Gasteiger partial charge in [0, 0.05) is 10.6 Å². The molecule has 0 aromatic heterocycles. The summed E-state index contributed by atoms with van der Waals surface area (Å²) in [6.45, 7) is -0.188. The Hall–Kier alpha value is -3.25. The van der Waals surface area contributed by atoms with Crippen LogP contribution in [0.25, 0.3) is 0 Å². The van der Waals surface area contributed by atoms with E-state index in [4.69, 9.17) is 10.5 Å². The molecule has 0 fully saturated rings. The van der Waals surface area contributed by atoms with E-state index in [-0.39, 0.29) is 24.1 Å². The van der Waals surface area contributed by atoms with Crippen molar-refractivity contribution < 1.29 is 14.3 Å². The zero-order valence-corrected chi connectivity index (χ0v) is 16.5. The van der Waals surface area contributed by atoms with Gasteiger partial charge in [-0.1, -0.05) is 54.6 Å². The lowest BCUT2D eigenvalue weighted by Crippen LogP contribution is -2.41. The molecule has 0 radical (unpaired) electrons. The van der Waals surface area contributed by atoms with Gasteiger partial charge < -0.3 is 10.5 Å². The molecule has 1 atom stereocenters. The number of thioether (sulfide) groups is 1. The number of hydrogen-bond donors (Lipinski definition) is 1. The smallest absolute Gasteiger partial charge is 0.265 e. The highest BCUT2D eigenvalue weighted by Gasteiger charge is 2.32. The van der Waals surface area contributed by atoms with E-state index in [9.17, 15) is 9.59 Å². The first-order valence-electron chi connectivity index (χ1n) is 9.25. The van der Waals surface area contributed by atoms with Gasteiger partial charge in [-0.3, -0.25) is 14.5 Å². The van der Waals surface area contributed by atoms with Crippen LogP contribution in [0, 0.1) is 0 Å². The number of para-hydroxylation sites is 2. The Morgan fingerprint density at radius 2 is 1.66 bits per heavy atom. The maximum Gasteiger partial charge on any atom is 0.265 e. The van der Waals surface area contributed by atoms with E-state index < -0.39 is 5.91 Å². The van der Waals surface area contributed by atoms with Crippen molar-refractivity contribution in [2.75, 3.05) is 17.3 Å². The van der Waals surface area contributed by atoms with Crippen LogP contribution < -0.4 is 15.4 Å². The molecule has 4 rings (SSSR count). The Morgan fingerprint density at radius 1 is 0.966 bits per heavy atom. The minimum absolute atomic E-state index is 0.0985. The van der Waals surface area contributed by atoms with Gasteiger partial charge in [0.05, 0.1) is 17.3 Å². The largest absolute Gasteiger partial charge is 0.483 e. The van der Waals surface area contributed by atoms with Crippen LogP contribution in [0.2, 0.25) is 0 Å². The summed E-state index contributed by atoms with van der Waals surface area (Å²) in [6, 6.07) is 24.4. The zero-order chi connectivity index (χ0) is 20.2. The third kappa shape index (κ3) is 3.98. The summed E-state index contributed by atoms with van der Waals surface area (Å²) in [5, 5.41) is 0. The first-order chi connectivity index (χ1) is 14.1. The summed E-state index contributed by atoms with van der Waals surface area (Å²) < 4.78 is 5.71. The predicted molar refractivity (Wildman–Crippen MR) is 114 cm³/mol. The number of nitrogens with two attached hydrogens (primary N) is 1. The topological polar surface area (TPSA) is 72.6 Å². The number of carbonyl (C=O) groups excluding carboxylic acids is 2. The molecule has 0 bridgehead atoms. The van der Waals surface area contributed by atoms with E-state index in [0.29, 0.717) is 5.75 Å². The number of rotatable bonds is 5. The van der Waals surface area contributed by atoms with Crippen LogP contribution in [0.15, 0.2) is 83.8 Å². The minimum Gasteiger partial charge on any atom is -0.483 e. The molecule has 5 nitrogen and oxygen atoms in total. The van der Waals surface area contributed by atoms with Crippen LogP contribution in [-0.2, 0) is 4.79 Å². The highest BCUT2D eigenvalue weighted by molar-refractivity contribution is 7.99. The van der Waals surface area contributed by atoms with E-state index in [1.165, 1.54) is 0 Å². The normalized spacial score (nSPS) is 15.4. The van der Waals surface area contributed by atoms with Gasteiger partial charge >= 0.3 is 0 Å². The van der Waals surface area contributed by atoms with Crippen LogP contribution in [0.1, 0.15) is 22.0 Å². The number of ether oxygens (including phenoxy) is 1. The van der Waals surface area contributed by atoms with E-state index in [1.54, 1.807) is 40.9 Å². The Kier molecular flexibility index (Phi) is 5.53. The molecule has 146 valence electrons. The van der Waals surface area contributed by atoms with Crippen LogP contribution >= 0.6 is 11.8 Å². The monoisotopic (exact) mass is 404 g/mol.